The maximum Gasteiger partial charge on any atom is 0.0949 e. The fourth-order valence-electron chi connectivity index (χ4n) is 3.96. The summed E-state index contributed by atoms with van der Waals surface area (Å²) in [6.07, 6.45) is 16.8. The third-order valence-corrected chi connectivity index (χ3v) is 6.72. The zero-order valence-electron chi connectivity index (χ0n) is 14.8. The van der Waals surface area contributed by atoms with Crippen LogP contribution in [0.25, 0.3) is 0 Å². The summed E-state index contributed by atoms with van der Waals surface area (Å²) in [6, 6.07) is 8.96. The number of nitrogens with two attached hydrogens (primary N) is 1. The lowest BCUT2D eigenvalue weighted by Crippen LogP contribution is -2.29. The van der Waals surface area contributed by atoms with E-state index >= 15 is 0 Å². The lowest BCUT2D eigenvalue weighted by atomic mass is 10.0. The van der Waals surface area contributed by atoms with Gasteiger partial charge in [0.1, 0.15) is 0 Å². The zero-order valence-corrected chi connectivity index (χ0v) is 15.6. The molecule has 2 heterocycles. The molecule has 2 N–H and O–H groups in total. The Morgan fingerprint density at radius 3 is 2.46 bits per heavy atom. The van der Waals surface area contributed by atoms with Gasteiger partial charge in [-0.2, -0.15) is 11.8 Å². The van der Waals surface area contributed by atoms with Crippen LogP contribution in [0, 0.1) is 0 Å². The molecule has 6 heteroatoms. The van der Waals surface area contributed by atoms with Crippen LogP contribution < -0.4 is 5.73 Å². The lowest BCUT2D eigenvalue weighted by molar-refractivity contribution is 0.313. The number of nitrogen functional groups attached to an aromatic ring is 1. The van der Waals surface area contributed by atoms with Crippen molar-refractivity contribution in [3.8, 4) is 0 Å². The predicted molar refractivity (Wildman–Crippen MR) is 107 cm³/mol. The number of hydrogen-bond donors (Lipinski definition) is 1. The first-order valence-corrected chi connectivity index (χ1v) is 10.3. The molecule has 26 heavy (non-hydrogen) atoms. The Labute approximate surface area is 158 Å². The number of aromatic nitrogens is 4. The molecule has 0 bridgehead atoms. The van der Waals surface area contributed by atoms with E-state index in [0.717, 1.165) is 11.4 Å². The Morgan fingerprint density at radius 2 is 1.73 bits per heavy atom. The van der Waals surface area contributed by atoms with E-state index in [9.17, 15) is 0 Å². The predicted octanol–water partition coefficient (Wildman–Crippen LogP) is 4.32. The summed E-state index contributed by atoms with van der Waals surface area (Å²) in [6.45, 7) is 0. The summed E-state index contributed by atoms with van der Waals surface area (Å²) < 4.78 is 4.57. The van der Waals surface area contributed by atoms with Crippen LogP contribution in [0.2, 0.25) is 0 Å². The average molecular weight is 368 g/mol. The van der Waals surface area contributed by atoms with Crippen molar-refractivity contribution in [1.82, 2.24) is 19.1 Å². The Bertz CT molecular complexity index is 799. The molecular weight excluding hydrogens is 342 g/mol. The second-order valence-electron chi connectivity index (χ2n) is 6.91. The Kier molecular flexibility index (Phi) is 5.29. The van der Waals surface area contributed by atoms with Gasteiger partial charge in [0.2, 0.25) is 0 Å². The maximum atomic E-state index is 6.16. The molecule has 0 saturated heterocycles. The van der Waals surface area contributed by atoms with Crippen molar-refractivity contribution < 1.29 is 0 Å². The molecule has 0 aliphatic heterocycles. The van der Waals surface area contributed by atoms with Crippen LogP contribution in [0.1, 0.15) is 43.3 Å². The van der Waals surface area contributed by atoms with Gasteiger partial charge < -0.3 is 14.9 Å². The average Bonchev–Trinajstić information content (AvgIpc) is 3.33. The van der Waals surface area contributed by atoms with Crippen molar-refractivity contribution in [2.24, 2.45) is 0 Å². The number of nitrogens with zero attached hydrogens (tertiary/aromatic N) is 4. The van der Waals surface area contributed by atoms with Gasteiger partial charge in [-0.1, -0.05) is 31.0 Å². The van der Waals surface area contributed by atoms with Crippen LogP contribution >= 0.6 is 11.8 Å². The molecule has 136 valence electrons. The summed E-state index contributed by atoms with van der Waals surface area (Å²) in [4.78, 5) is 8.61. The first kappa shape index (κ1) is 17.2. The molecule has 1 aromatic carbocycles. The molecule has 3 aromatic rings. The van der Waals surface area contributed by atoms with E-state index in [-0.39, 0.29) is 0 Å². The van der Waals surface area contributed by atoms with Gasteiger partial charge in [0.05, 0.1) is 24.7 Å². The molecular formula is C20H25N5S. The summed E-state index contributed by atoms with van der Waals surface area (Å²) in [7, 11) is 0. The third-order valence-electron chi connectivity index (χ3n) is 5.30. The SMILES string of the molecule is Nc1ccccc1CSC1CCCCC(n2ccnc2)C1n1ccnc1. The van der Waals surface area contributed by atoms with E-state index in [2.05, 4.69) is 43.6 Å². The van der Waals surface area contributed by atoms with Gasteiger partial charge >= 0.3 is 0 Å². The van der Waals surface area contributed by atoms with Gasteiger partial charge in [-0.25, -0.2) is 9.97 Å². The molecule has 0 spiro atoms. The van der Waals surface area contributed by atoms with Crippen molar-refractivity contribution in [2.75, 3.05) is 5.73 Å². The third kappa shape index (κ3) is 3.65. The van der Waals surface area contributed by atoms with Crippen LogP contribution in [0.3, 0.4) is 0 Å². The smallest absolute Gasteiger partial charge is 0.0949 e. The highest BCUT2D eigenvalue weighted by atomic mass is 32.2. The first-order valence-electron chi connectivity index (χ1n) is 9.23. The van der Waals surface area contributed by atoms with Gasteiger partial charge in [-0.3, -0.25) is 0 Å². The zero-order chi connectivity index (χ0) is 17.8. The molecule has 1 fully saturated rings. The molecule has 1 aliphatic rings. The van der Waals surface area contributed by atoms with Crippen molar-refractivity contribution in [3.05, 3.63) is 67.3 Å². The van der Waals surface area contributed by atoms with Gasteiger partial charge in [-0.15, -0.1) is 0 Å². The maximum absolute atomic E-state index is 6.16. The van der Waals surface area contributed by atoms with Gasteiger partial charge in [0.15, 0.2) is 0 Å². The van der Waals surface area contributed by atoms with E-state index in [1.54, 1.807) is 0 Å². The number of imidazole rings is 2. The monoisotopic (exact) mass is 367 g/mol. The standard InChI is InChI=1S/C20H25N5S/c21-17-6-2-1-5-16(17)13-26-19-8-4-3-7-18(24-11-9-22-14-24)20(19)25-12-10-23-15-25/h1-2,5-6,9-12,14-15,18-20H,3-4,7-8,13,21H2. The van der Waals surface area contributed by atoms with Gasteiger partial charge in [0.25, 0.3) is 0 Å². The van der Waals surface area contributed by atoms with E-state index in [1.807, 2.05) is 48.9 Å². The Balaban J connectivity index is 1.61. The molecule has 1 aliphatic carbocycles. The quantitative estimate of drug-likeness (QED) is 0.539. The number of anilines is 1. The van der Waals surface area contributed by atoms with Crippen LogP contribution in [0.15, 0.2) is 61.7 Å². The second-order valence-corrected chi connectivity index (χ2v) is 8.14. The summed E-state index contributed by atoms with van der Waals surface area (Å²) >= 11 is 2.02. The summed E-state index contributed by atoms with van der Waals surface area (Å²) in [5.74, 6) is 0.944. The van der Waals surface area contributed by atoms with Crippen LogP contribution in [-0.2, 0) is 5.75 Å². The minimum absolute atomic E-state index is 0.365. The second kappa shape index (κ2) is 7.99. The number of para-hydroxylation sites is 1. The van der Waals surface area contributed by atoms with Crippen molar-refractivity contribution in [3.63, 3.8) is 0 Å². The van der Waals surface area contributed by atoms with E-state index in [0.29, 0.717) is 17.3 Å². The summed E-state index contributed by atoms with van der Waals surface area (Å²) in [5.41, 5.74) is 8.27. The first-order chi connectivity index (χ1) is 12.8. The number of benzene rings is 1. The molecule has 3 atom stereocenters. The molecule has 4 rings (SSSR count). The number of thioether (sulfide) groups is 1. The highest BCUT2D eigenvalue weighted by molar-refractivity contribution is 7.99. The van der Waals surface area contributed by atoms with Gasteiger partial charge in [0, 0.05) is 41.5 Å². The van der Waals surface area contributed by atoms with E-state index < -0.39 is 0 Å². The normalized spacial score (nSPS) is 23.6. The summed E-state index contributed by atoms with van der Waals surface area (Å²) in [5, 5.41) is 0.513. The van der Waals surface area contributed by atoms with Crippen LogP contribution in [0.4, 0.5) is 5.69 Å². The molecule has 1 saturated carbocycles. The fourth-order valence-corrected chi connectivity index (χ4v) is 5.47. The van der Waals surface area contributed by atoms with Crippen LogP contribution in [0.5, 0.6) is 0 Å². The molecule has 0 radical (unpaired) electrons. The van der Waals surface area contributed by atoms with Crippen molar-refractivity contribution in [2.45, 2.75) is 48.8 Å². The molecule has 2 aromatic heterocycles. The lowest BCUT2D eigenvalue weighted by Gasteiger charge is -2.33. The highest BCUT2D eigenvalue weighted by Crippen LogP contribution is 2.43. The minimum atomic E-state index is 0.365. The Morgan fingerprint density at radius 1 is 1.00 bits per heavy atom. The van der Waals surface area contributed by atoms with Crippen molar-refractivity contribution in [1.29, 1.82) is 0 Å². The fraction of sp³-hybridized carbons (Fsp3) is 0.400. The topological polar surface area (TPSA) is 61.7 Å². The molecule has 0 amide bonds. The highest BCUT2D eigenvalue weighted by Gasteiger charge is 2.34. The Hall–Kier alpha value is -2.21. The minimum Gasteiger partial charge on any atom is -0.398 e. The molecule has 5 nitrogen and oxygen atoms in total. The van der Waals surface area contributed by atoms with E-state index in [1.165, 1.54) is 31.2 Å². The van der Waals surface area contributed by atoms with Crippen LogP contribution in [-0.4, -0.2) is 24.4 Å². The van der Waals surface area contributed by atoms with Gasteiger partial charge in [-0.05, 0) is 24.5 Å². The largest absolute Gasteiger partial charge is 0.398 e. The van der Waals surface area contributed by atoms with Crippen molar-refractivity contribution >= 4 is 17.4 Å². The number of rotatable bonds is 5. The molecule has 3 unspecified atom stereocenters. The van der Waals surface area contributed by atoms with E-state index in [4.69, 9.17) is 5.73 Å². The number of hydrogen-bond acceptors (Lipinski definition) is 4.